The van der Waals surface area contributed by atoms with Crippen molar-refractivity contribution >= 4 is 16.8 Å². The van der Waals surface area contributed by atoms with Crippen molar-refractivity contribution in [2.75, 3.05) is 6.54 Å². The monoisotopic (exact) mass is 358 g/mol. The lowest BCUT2D eigenvalue weighted by atomic mass is 10.0. The first-order valence-electron chi connectivity index (χ1n) is 8.62. The highest BCUT2D eigenvalue weighted by Crippen LogP contribution is 2.24. The van der Waals surface area contributed by atoms with Gasteiger partial charge < -0.3 is 5.32 Å². The fraction of sp³-hybridized carbons (Fsp3) is 0.150. The van der Waals surface area contributed by atoms with Crippen LogP contribution in [0.2, 0.25) is 0 Å². The lowest BCUT2D eigenvalue weighted by molar-refractivity contribution is 0.0955. The van der Waals surface area contributed by atoms with Crippen molar-refractivity contribution < 1.29 is 4.79 Å². The molecule has 134 valence electrons. The highest BCUT2D eigenvalue weighted by atomic mass is 16.1. The standard InChI is InChI=1S/C20H18N6O/c1-26-13-14(11-24-26)19-10-17(16-4-2-3-5-18(16)25-19)20(27)23-7-6-15-12-21-8-9-22-15/h2-5,8-13H,6-7H2,1H3,(H,23,27). The number of aromatic nitrogens is 5. The number of hydrogen-bond acceptors (Lipinski definition) is 5. The minimum atomic E-state index is -0.136. The largest absolute Gasteiger partial charge is 0.352 e. The number of carbonyl (C=O) groups excluding carboxylic acids is 1. The number of rotatable bonds is 5. The molecule has 27 heavy (non-hydrogen) atoms. The van der Waals surface area contributed by atoms with Crippen molar-refractivity contribution in [3.8, 4) is 11.3 Å². The van der Waals surface area contributed by atoms with E-state index in [0.29, 0.717) is 18.5 Å². The van der Waals surface area contributed by atoms with Gasteiger partial charge in [-0.15, -0.1) is 0 Å². The van der Waals surface area contributed by atoms with Crippen LogP contribution in [0.3, 0.4) is 0 Å². The highest BCUT2D eigenvalue weighted by Gasteiger charge is 2.14. The molecule has 0 aliphatic heterocycles. The van der Waals surface area contributed by atoms with Gasteiger partial charge in [-0.2, -0.15) is 5.10 Å². The zero-order valence-corrected chi connectivity index (χ0v) is 14.8. The first-order chi connectivity index (χ1) is 13.2. The molecule has 7 heteroatoms. The molecule has 0 atom stereocenters. The maximum absolute atomic E-state index is 12.8. The summed E-state index contributed by atoms with van der Waals surface area (Å²) in [6, 6.07) is 9.46. The summed E-state index contributed by atoms with van der Waals surface area (Å²) >= 11 is 0. The van der Waals surface area contributed by atoms with E-state index < -0.39 is 0 Å². The van der Waals surface area contributed by atoms with Crippen molar-refractivity contribution in [2.24, 2.45) is 7.05 Å². The Hall–Kier alpha value is -3.61. The predicted octanol–water partition coefficient (Wildman–Crippen LogP) is 2.40. The van der Waals surface area contributed by atoms with Gasteiger partial charge in [-0.3, -0.25) is 19.4 Å². The Morgan fingerprint density at radius 1 is 1.19 bits per heavy atom. The van der Waals surface area contributed by atoms with E-state index in [1.165, 1.54) is 0 Å². The molecular weight excluding hydrogens is 340 g/mol. The van der Waals surface area contributed by atoms with Crippen LogP contribution in [0.25, 0.3) is 22.2 Å². The average molecular weight is 358 g/mol. The van der Waals surface area contributed by atoms with Gasteiger partial charge in [0.05, 0.1) is 28.7 Å². The van der Waals surface area contributed by atoms with Crippen molar-refractivity contribution in [2.45, 2.75) is 6.42 Å². The van der Waals surface area contributed by atoms with Crippen LogP contribution < -0.4 is 5.32 Å². The maximum Gasteiger partial charge on any atom is 0.252 e. The third-order valence-corrected chi connectivity index (χ3v) is 4.24. The second-order valence-corrected chi connectivity index (χ2v) is 6.18. The minimum absolute atomic E-state index is 0.136. The Labute approximate surface area is 156 Å². The molecule has 4 rings (SSSR count). The lowest BCUT2D eigenvalue weighted by Gasteiger charge is -2.10. The molecule has 0 bridgehead atoms. The molecule has 1 N–H and O–H groups in total. The zero-order valence-electron chi connectivity index (χ0n) is 14.8. The molecule has 0 saturated heterocycles. The second-order valence-electron chi connectivity index (χ2n) is 6.18. The minimum Gasteiger partial charge on any atom is -0.352 e. The van der Waals surface area contributed by atoms with E-state index in [1.807, 2.05) is 43.6 Å². The molecule has 0 aliphatic rings. The van der Waals surface area contributed by atoms with Crippen LogP contribution in [0.5, 0.6) is 0 Å². The van der Waals surface area contributed by atoms with Crippen LogP contribution in [0.15, 0.2) is 61.3 Å². The Balaban J connectivity index is 1.62. The van der Waals surface area contributed by atoms with E-state index >= 15 is 0 Å². The molecule has 0 spiro atoms. The molecule has 3 heterocycles. The molecule has 4 aromatic rings. The summed E-state index contributed by atoms with van der Waals surface area (Å²) in [4.78, 5) is 25.8. The number of amides is 1. The zero-order chi connectivity index (χ0) is 18.6. The summed E-state index contributed by atoms with van der Waals surface area (Å²) in [5.74, 6) is -0.136. The fourth-order valence-electron chi connectivity index (χ4n) is 2.92. The van der Waals surface area contributed by atoms with E-state index in [0.717, 1.165) is 27.9 Å². The van der Waals surface area contributed by atoms with E-state index in [-0.39, 0.29) is 5.91 Å². The fourth-order valence-corrected chi connectivity index (χ4v) is 2.92. The van der Waals surface area contributed by atoms with Crippen LogP contribution in [0, 0.1) is 0 Å². The number of benzene rings is 1. The van der Waals surface area contributed by atoms with Gasteiger partial charge in [0.15, 0.2) is 0 Å². The molecule has 3 aromatic heterocycles. The molecule has 7 nitrogen and oxygen atoms in total. The number of fused-ring (bicyclic) bond motifs is 1. The third-order valence-electron chi connectivity index (χ3n) is 4.24. The Bertz CT molecular complexity index is 1090. The van der Waals surface area contributed by atoms with Crippen molar-refractivity contribution in [1.82, 2.24) is 30.0 Å². The van der Waals surface area contributed by atoms with Crippen molar-refractivity contribution in [3.05, 3.63) is 72.6 Å². The molecule has 1 aromatic carbocycles. The van der Waals surface area contributed by atoms with Crippen LogP contribution in [-0.2, 0) is 13.5 Å². The summed E-state index contributed by atoms with van der Waals surface area (Å²) in [6.45, 7) is 0.483. The first-order valence-corrected chi connectivity index (χ1v) is 8.62. The van der Waals surface area contributed by atoms with Crippen molar-refractivity contribution in [3.63, 3.8) is 0 Å². The lowest BCUT2D eigenvalue weighted by Crippen LogP contribution is -2.26. The number of nitrogens with zero attached hydrogens (tertiary/aromatic N) is 5. The van der Waals surface area contributed by atoms with Gasteiger partial charge >= 0.3 is 0 Å². The molecular formula is C20H18N6O. The molecule has 1 amide bonds. The average Bonchev–Trinajstić information content (AvgIpc) is 3.14. The quantitative estimate of drug-likeness (QED) is 0.592. The summed E-state index contributed by atoms with van der Waals surface area (Å²) in [6.07, 6.45) is 9.23. The van der Waals surface area contributed by atoms with Crippen LogP contribution in [0.4, 0.5) is 0 Å². The number of hydrogen-bond donors (Lipinski definition) is 1. The molecule has 0 fully saturated rings. The Morgan fingerprint density at radius 3 is 2.85 bits per heavy atom. The predicted molar refractivity (Wildman–Crippen MR) is 102 cm³/mol. The number of nitrogens with one attached hydrogen (secondary N) is 1. The topological polar surface area (TPSA) is 85.6 Å². The first kappa shape index (κ1) is 16.8. The number of pyridine rings is 1. The summed E-state index contributed by atoms with van der Waals surface area (Å²) < 4.78 is 1.72. The Kier molecular flexibility index (Phi) is 4.57. The van der Waals surface area contributed by atoms with Gasteiger partial charge in [-0.1, -0.05) is 18.2 Å². The maximum atomic E-state index is 12.8. The van der Waals surface area contributed by atoms with Gasteiger partial charge in [0, 0.05) is 55.8 Å². The van der Waals surface area contributed by atoms with Crippen LogP contribution >= 0.6 is 0 Å². The summed E-state index contributed by atoms with van der Waals surface area (Å²) in [5, 5.41) is 7.98. The van der Waals surface area contributed by atoms with Crippen LogP contribution in [0.1, 0.15) is 16.1 Å². The number of carbonyl (C=O) groups is 1. The van der Waals surface area contributed by atoms with E-state index in [2.05, 4.69) is 25.4 Å². The van der Waals surface area contributed by atoms with Gasteiger partial charge in [-0.05, 0) is 12.1 Å². The van der Waals surface area contributed by atoms with E-state index in [9.17, 15) is 4.79 Å². The number of aryl methyl sites for hydroxylation is 1. The Morgan fingerprint density at radius 2 is 2.07 bits per heavy atom. The third kappa shape index (κ3) is 3.67. The van der Waals surface area contributed by atoms with E-state index in [1.54, 1.807) is 29.5 Å². The summed E-state index contributed by atoms with van der Waals surface area (Å²) in [5.41, 5.74) is 3.81. The molecule has 0 aliphatic carbocycles. The second kappa shape index (κ2) is 7.33. The molecule has 0 saturated carbocycles. The van der Waals surface area contributed by atoms with Gasteiger partial charge in [0.25, 0.3) is 5.91 Å². The normalized spacial score (nSPS) is 10.9. The number of para-hydroxylation sites is 1. The SMILES string of the molecule is Cn1cc(-c2cc(C(=O)NCCc3cnccn3)c3ccccc3n2)cn1. The summed E-state index contributed by atoms with van der Waals surface area (Å²) in [7, 11) is 1.85. The molecule has 0 unspecified atom stereocenters. The van der Waals surface area contributed by atoms with Gasteiger partial charge in [0.1, 0.15) is 0 Å². The van der Waals surface area contributed by atoms with Gasteiger partial charge in [-0.25, -0.2) is 4.98 Å². The van der Waals surface area contributed by atoms with E-state index in [4.69, 9.17) is 0 Å². The van der Waals surface area contributed by atoms with Crippen molar-refractivity contribution in [1.29, 1.82) is 0 Å². The highest BCUT2D eigenvalue weighted by molar-refractivity contribution is 6.07. The van der Waals surface area contributed by atoms with Gasteiger partial charge in [0.2, 0.25) is 0 Å². The van der Waals surface area contributed by atoms with Crippen LogP contribution in [-0.4, -0.2) is 37.2 Å². The smallest absolute Gasteiger partial charge is 0.252 e. The molecule has 0 radical (unpaired) electrons.